The van der Waals surface area contributed by atoms with Gasteiger partial charge >= 0.3 is 0 Å². The van der Waals surface area contributed by atoms with Gasteiger partial charge in [0.2, 0.25) is 17.8 Å². The third-order valence-electron chi connectivity index (χ3n) is 2.98. The Balaban J connectivity index is 2.89. The minimum absolute atomic E-state index is 0.388. The average Bonchev–Trinajstić information content (AvgIpc) is 2.46. The van der Waals surface area contributed by atoms with Crippen LogP contribution in [0.4, 0.5) is 17.8 Å². The Morgan fingerprint density at radius 1 is 1.19 bits per heavy atom. The van der Waals surface area contributed by atoms with Gasteiger partial charge < -0.3 is 20.6 Å². The van der Waals surface area contributed by atoms with E-state index in [1.165, 1.54) is 0 Å². The van der Waals surface area contributed by atoms with Crippen LogP contribution >= 0.6 is 11.8 Å². The van der Waals surface area contributed by atoms with Crippen LogP contribution < -0.4 is 15.5 Å². The van der Waals surface area contributed by atoms with Crippen LogP contribution in [0.25, 0.3) is 0 Å². The van der Waals surface area contributed by atoms with Gasteiger partial charge in [-0.3, -0.25) is 0 Å². The topological polar surface area (TPSA) is 86.2 Å². The molecule has 0 spiro atoms. The molecule has 7 nitrogen and oxygen atoms in total. The molecule has 1 rings (SSSR count). The van der Waals surface area contributed by atoms with E-state index in [1.807, 2.05) is 11.2 Å². The Hall–Kier alpha value is -1.28. The standard InChI is InChI=1S/C13H26N6OS/c1-6-19(7-2)12-17-10(14-4)16-11(18-12)15-8-13(3,20)9-21-5/h20H,6-9H2,1-5H3,(H2,14,15,16,17,18). The second-order valence-corrected chi connectivity index (χ2v) is 5.85. The van der Waals surface area contributed by atoms with Crippen molar-refractivity contribution in [3.63, 3.8) is 0 Å². The molecule has 1 atom stereocenters. The molecule has 0 aromatic carbocycles. The van der Waals surface area contributed by atoms with Crippen molar-refractivity contribution in [3.8, 4) is 0 Å². The van der Waals surface area contributed by atoms with Gasteiger partial charge in [-0.15, -0.1) is 0 Å². The summed E-state index contributed by atoms with van der Waals surface area (Å²) in [7, 11) is 1.77. The fraction of sp³-hybridized carbons (Fsp3) is 0.769. The third-order valence-corrected chi connectivity index (χ3v) is 3.89. The number of nitrogens with zero attached hydrogens (tertiary/aromatic N) is 4. The summed E-state index contributed by atoms with van der Waals surface area (Å²) in [5.74, 6) is 2.26. The molecule has 1 heterocycles. The maximum absolute atomic E-state index is 10.2. The number of aromatic nitrogens is 3. The first kappa shape index (κ1) is 17.8. The van der Waals surface area contributed by atoms with Gasteiger partial charge in [-0.1, -0.05) is 0 Å². The minimum Gasteiger partial charge on any atom is -0.387 e. The van der Waals surface area contributed by atoms with Gasteiger partial charge in [0.15, 0.2) is 0 Å². The molecular formula is C13H26N6OS. The molecule has 0 saturated heterocycles. The molecule has 0 bridgehead atoms. The maximum atomic E-state index is 10.2. The molecular weight excluding hydrogens is 288 g/mol. The molecule has 1 unspecified atom stereocenters. The Kier molecular flexibility index (Phi) is 6.97. The van der Waals surface area contributed by atoms with Crippen molar-refractivity contribution in [3.05, 3.63) is 0 Å². The van der Waals surface area contributed by atoms with E-state index in [2.05, 4.69) is 39.4 Å². The van der Waals surface area contributed by atoms with E-state index >= 15 is 0 Å². The van der Waals surface area contributed by atoms with Crippen LogP contribution in [0.3, 0.4) is 0 Å². The fourth-order valence-electron chi connectivity index (χ4n) is 1.83. The molecule has 0 fully saturated rings. The minimum atomic E-state index is -0.804. The van der Waals surface area contributed by atoms with Gasteiger partial charge in [0, 0.05) is 32.4 Å². The van der Waals surface area contributed by atoms with Gasteiger partial charge in [0.1, 0.15) is 0 Å². The number of thioether (sulfide) groups is 1. The highest BCUT2D eigenvalue weighted by Gasteiger charge is 2.20. The normalized spacial score (nSPS) is 13.6. The van der Waals surface area contributed by atoms with Crippen molar-refractivity contribution in [2.24, 2.45) is 0 Å². The van der Waals surface area contributed by atoms with Crippen LogP contribution in [0.2, 0.25) is 0 Å². The first-order valence-electron chi connectivity index (χ1n) is 7.09. The second kappa shape index (κ2) is 8.23. The van der Waals surface area contributed by atoms with Crippen LogP contribution in [0.5, 0.6) is 0 Å². The quantitative estimate of drug-likeness (QED) is 0.628. The zero-order valence-electron chi connectivity index (χ0n) is 13.5. The highest BCUT2D eigenvalue weighted by Crippen LogP contribution is 2.15. The van der Waals surface area contributed by atoms with E-state index in [4.69, 9.17) is 0 Å². The average molecular weight is 314 g/mol. The number of hydrogen-bond acceptors (Lipinski definition) is 8. The molecule has 0 radical (unpaired) electrons. The molecule has 8 heteroatoms. The van der Waals surface area contributed by atoms with E-state index in [-0.39, 0.29) is 0 Å². The maximum Gasteiger partial charge on any atom is 0.231 e. The Morgan fingerprint density at radius 2 is 1.81 bits per heavy atom. The number of aliphatic hydroxyl groups is 1. The highest BCUT2D eigenvalue weighted by molar-refractivity contribution is 7.98. The van der Waals surface area contributed by atoms with E-state index in [0.717, 1.165) is 13.1 Å². The first-order valence-corrected chi connectivity index (χ1v) is 8.49. The lowest BCUT2D eigenvalue weighted by Crippen LogP contribution is -2.36. The van der Waals surface area contributed by atoms with Crippen molar-refractivity contribution in [2.45, 2.75) is 26.4 Å². The van der Waals surface area contributed by atoms with Crippen molar-refractivity contribution in [1.82, 2.24) is 15.0 Å². The molecule has 0 aliphatic rings. The number of anilines is 3. The summed E-state index contributed by atoms with van der Waals surface area (Å²) in [5, 5.41) is 16.2. The molecule has 1 aromatic rings. The van der Waals surface area contributed by atoms with Gasteiger partial charge in [-0.25, -0.2) is 0 Å². The second-order valence-electron chi connectivity index (χ2n) is 4.99. The largest absolute Gasteiger partial charge is 0.387 e. The summed E-state index contributed by atoms with van der Waals surface area (Å²) in [4.78, 5) is 15.1. The number of nitrogens with one attached hydrogen (secondary N) is 2. The molecule has 0 aliphatic carbocycles. The molecule has 0 amide bonds. The Bertz CT molecular complexity index is 439. The van der Waals surface area contributed by atoms with Gasteiger partial charge in [-0.2, -0.15) is 26.7 Å². The van der Waals surface area contributed by atoms with Gasteiger partial charge in [0.05, 0.1) is 5.60 Å². The van der Waals surface area contributed by atoms with Crippen LogP contribution in [0.15, 0.2) is 0 Å². The predicted molar refractivity (Wildman–Crippen MR) is 90.4 cm³/mol. The van der Waals surface area contributed by atoms with Crippen LogP contribution in [-0.2, 0) is 0 Å². The lowest BCUT2D eigenvalue weighted by atomic mass is 10.1. The SMILES string of the molecule is CCN(CC)c1nc(NC)nc(NCC(C)(O)CSC)n1. The van der Waals surface area contributed by atoms with Crippen molar-refractivity contribution < 1.29 is 5.11 Å². The molecule has 21 heavy (non-hydrogen) atoms. The van der Waals surface area contributed by atoms with Gasteiger partial charge in [-0.05, 0) is 27.0 Å². The Morgan fingerprint density at radius 3 is 2.33 bits per heavy atom. The smallest absolute Gasteiger partial charge is 0.231 e. The number of hydrogen-bond donors (Lipinski definition) is 3. The van der Waals surface area contributed by atoms with Crippen molar-refractivity contribution in [2.75, 3.05) is 54.2 Å². The lowest BCUT2D eigenvalue weighted by molar-refractivity contribution is 0.0995. The van der Waals surface area contributed by atoms with Crippen molar-refractivity contribution >= 4 is 29.6 Å². The third kappa shape index (κ3) is 5.55. The predicted octanol–water partition coefficient (Wildman–Crippen LogP) is 1.29. The van der Waals surface area contributed by atoms with E-state index in [0.29, 0.717) is 30.1 Å². The summed E-state index contributed by atoms with van der Waals surface area (Å²) in [6.07, 6.45) is 1.97. The summed E-state index contributed by atoms with van der Waals surface area (Å²) in [6.45, 7) is 7.95. The first-order chi connectivity index (χ1) is 9.95. The molecule has 1 aromatic heterocycles. The lowest BCUT2D eigenvalue weighted by Gasteiger charge is -2.23. The molecule has 120 valence electrons. The molecule has 0 aliphatic heterocycles. The summed E-state index contributed by atoms with van der Waals surface area (Å²) in [6, 6.07) is 0. The Labute approximate surface area is 131 Å². The zero-order valence-corrected chi connectivity index (χ0v) is 14.3. The van der Waals surface area contributed by atoms with E-state index < -0.39 is 5.60 Å². The fourth-order valence-corrected chi connectivity index (χ4v) is 2.56. The van der Waals surface area contributed by atoms with Crippen LogP contribution in [0, 0.1) is 0 Å². The van der Waals surface area contributed by atoms with Crippen LogP contribution in [-0.4, -0.2) is 64.4 Å². The highest BCUT2D eigenvalue weighted by atomic mass is 32.2. The zero-order chi connectivity index (χ0) is 15.9. The van der Waals surface area contributed by atoms with Crippen molar-refractivity contribution in [1.29, 1.82) is 0 Å². The van der Waals surface area contributed by atoms with E-state index in [1.54, 1.807) is 25.7 Å². The molecule has 3 N–H and O–H groups in total. The summed E-state index contributed by atoms with van der Waals surface area (Å²) >= 11 is 1.60. The van der Waals surface area contributed by atoms with E-state index in [9.17, 15) is 5.11 Å². The van der Waals surface area contributed by atoms with Gasteiger partial charge in [0.25, 0.3) is 0 Å². The molecule has 0 saturated carbocycles. The van der Waals surface area contributed by atoms with Crippen LogP contribution in [0.1, 0.15) is 20.8 Å². The summed E-state index contributed by atoms with van der Waals surface area (Å²) in [5.41, 5.74) is -0.804. The number of rotatable bonds is 9. The monoisotopic (exact) mass is 314 g/mol. The summed E-state index contributed by atoms with van der Waals surface area (Å²) < 4.78 is 0.